The maximum Gasteiger partial charge on any atom is 0.309 e. The summed E-state index contributed by atoms with van der Waals surface area (Å²) in [6.07, 6.45) is 14.2. The van der Waals surface area contributed by atoms with Gasteiger partial charge in [0.1, 0.15) is 0 Å². The first-order valence-corrected chi connectivity index (χ1v) is 10.8. The van der Waals surface area contributed by atoms with Gasteiger partial charge in [0.05, 0.1) is 12.0 Å². The summed E-state index contributed by atoms with van der Waals surface area (Å²) in [4.78, 5) is 22.5. The van der Waals surface area contributed by atoms with E-state index in [0.717, 1.165) is 32.1 Å². The van der Waals surface area contributed by atoms with Crippen LogP contribution in [0.4, 0.5) is 0 Å². The van der Waals surface area contributed by atoms with Crippen LogP contribution < -0.4 is 0 Å². The predicted octanol–water partition coefficient (Wildman–Crippen LogP) is 6.37. The van der Waals surface area contributed by atoms with Crippen LogP contribution in [0.2, 0.25) is 0 Å². The molecule has 4 heteroatoms. The van der Waals surface area contributed by atoms with Crippen LogP contribution in [0.5, 0.6) is 0 Å². The lowest BCUT2D eigenvalue weighted by atomic mass is 9.90. The highest BCUT2D eigenvalue weighted by Crippen LogP contribution is 2.22. The highest BCUT2D eigenvalue weighted by Gasteiger charge is 2.23. The molecular weight excluding hydrogens is 328 g/mol. The smallest absolute Gasteiger partial charge is 0.309 e. The van der Waals surface area contributed by atoms with Crippen LogP contribution in [0, 0.1) is 11.8 Å². The first-order chi connectivity index (χ1) is 12.3. The Morgan fingerprint density at radius 2 is 1.15 bits per heavy atom. The quantitative estimate of drug-likeness (QED) is 0.239. The second-order valence-corrected chi connectivity index (χ2v) is 8.16. The average molecular weight is 371 g/mol. The number of unbranched alkanes of at least 4 members (excludes halogenated alkanes) is 10. The highest BCUT2D eigenvalue weighted by atomic mass is 16.5. The van der Waals surface area contributed by atoms with E-state index >= 15 is 0 Å². The number of hydrogen-bond donors (Lipinski definition) is 1. The summed E-state index contributed by atoms with van der Waals surface area (Å²) in [7, 11) is 0. The van der Waals surface area contributed by atoms with Gasteiger partial charge in [0, 0.05) is 6.42 Å². The molecular formula is C22H42O4. The Balaban J connectivity index is 3.51. The Bertz CT molecular complexity index is 363. The number of esters is 1. The van der Waals surface area contributed by atoms with Crippen LogP contribution in [0.1, 0.15) is 111 Å². The third kappa shape index (κ3) is 15.2. The molecule has 0 saturated heterocycles. The fourth-order valence-electron chi connectivity index (χ4n) is 3.27. The van der Waals surface area contributed by atoms with E-state index in [1.807, 2.05) is 13.8 Å². The van der Waals surface area contributed by atoms with Crippen molar-refractivity contribution in [3.8, 4) is 0 Å². The van der Waals surface area contributed by atoms with Crippen molar-refractivity contribution in [3.63, 3.8) is 0 Å². The van der Waals surface area contributed by atoms with Gasteiger partial charge in [-0.2, -0.15) is 0 Å². The monoisotopic (exact) mass is 370 g/mol. The highest BCUT2D eigenvalue weighted by molar-refractivity contribution is 5.72. The Morgan fingerprint density at radius 3 is 1.54 bits per heavy atom. The molecule has 0 aromatic heterocycles. The third-order valence-corrected chi connectivity index (χ3v) is 4.87. The number of aliphatic carboxylic acids is 1. The number of carboxylic acid groups (broad SMARTS) is 1. The lowest BCUT2D eigenvalue weighted by molar-refractivity contribution is -0.154. The van der Waals surface area contributed by atoms with Gasteiger partial charge in [-0.1, -0.05) is 78.1 Å². The number of rotatable bonds is 17. The van der Waals surface area contributed by atoms with Crippen LogP contribution in [0.25, 0.3) is 0 Å². The van der Waals surface area contributed by atoms with Crippen LogP contribution in [0.15, 0.2) is 0 Å². The predicted molar refractivity (Wildman–Crippen MR) is 107 cm³/mol. The minimum atomic E-state index is -0.679. The summed E-state index contributed by atoms with van der Waals surface area (Å²) >= 11 is 0. The van der Waals surface area contributed by atoms with E-state index in [2.05, 4.69) is 13.8 Å². The Labute approximate surface area is 161 Å². The molecule has 0 aliphatic heterocycles. The molecule has 154 valence electrons. The van der Waals surface area contributed by atoms with E-state index in [-0.39, 0.29) is 18.0 Å². The second kappa shape index (κ2) is 16.1. The summed E-state index contributed by atoms with van der Waals surface area (Å²) in [6, 6.07) is 0. The third-order valence-electron chi connectivity index (χ3n) is 4.87. The van der Waals surface area contributed by atoms with E-state index in [1.54, 1.807) is 0 Å². The summed E-state index contributed by atoms with van der Waals surface area (Å²) in [5, 5.41) is 8.57. The van der Waals surface area contributed by atoms with Crippen molar-refractivity contribution in [2.24, 2.45) is 11.8 Å². The van der Waals surface area contributed by atoms with Gasteiger partial charge in [-0.05, 0) is 32.6 Å². The largest absolute Gasteiger partial charge is 0.481 e. The molecule has 1 unspecified atom stereocenters. The number of ether oxygens (including phenoxy) is 1. The average Bonchev–Trinajstić information content (AvgIpc) is 2.53. The summed E-state index contributed by atoms with van der Waals surface area (Å²) in [5.41, 5.74) is 0. The Hall–Kier alpha value is -1.06. The first kappa shape index (κ1) is 24.9. The lowest BCUT2D eigenvalue weighted by Crippen LogP contribution is -2.25. The Kier molecular flexibility index (Phi) is 15.5. The SMILES string of the molecule is CC(C)OC(=O)C(CCCCCCCCCCCCCC(=O)O)C(C)C. The molecule has 0 spiro atoms. The van der Waals surface area contributed by atoms with Gasteiger partial charge in [0.25, 0.3) is 0 Å². The van der Waals surface area contributed by atoms with E-state index in [1.165, 1.54) is 44.9 Å². The molecule has 0 fully saturated rings. The number of hydrogen-bond acceptors (Lipinski definition) is 3. The molecule has 0 radical (unpaired) electrons. The fourth-order valence-corrected chi connectivity index (χ4v) is 3.27. The van der Waals surface area contributed by atoms with Crippen molar-refractivity contribution < 1.29 is 19.4 Å². The van der Waals surface area contributed by atoms with Gasteiger partial charge >= 0.3 is 11.9 Å². The maximum absolute atomic E-state index is 12.1. The molecule has 0 rings (SSSR count). The van der Waals surface area contributed by atoms with Crippen molar-refractivity contribution >= 4 is 11.9 Å². The van der Waals surface area contributed by atoms with Crippen molar-refractivity contribution in [1.82, 2.24) is 0 Å². The molecule has 0 aromatic carbocycles. The van der Waals surface area contributed by atoms with Crippen molar-refractivity contribution in [2.75, 3.05) is 0 Å². The molecule has 0 amide bonds. The van der Waals surface area contributed by atoms with E-state index in [4.69, 9.17) is 9.84 Å². The zero-order valence-corrected chi connectivity index (χ0v) is 17.6. The number of carboxylic acids is 1. The van der Waals surface area contributed by atoms with Crippen LogP contribution in [-0.2, 0) is 14.3 Å². The van der Waals surface area contributed by atoms with Gasteiger partial charge in [-0.3, -0.25) is 9.59 Å². The van der Waals surface area contributed by atoms with Crippen molar-refractivity contribution in [1.29, 1.82) is 0 Å². The summed E-state index contributed by atoms with van der Waals surface area (Å²) in [6.45, 7) is 8.03. The van der Waals surface area contributed by atoms with E-state index < -0.39 is 5.97 Å². The standard InChI is InChI=1S/C22H42O4/c1-18(2)20(22(25)26-19(3)4)16-14-12-10-8-6-5-7-9-11-13-15-17-21(23)24/h18-20H,5-17H2,1-4H3,(H,23,24). The molecule has 0 aliphatic carbocycles. The minimum absolute atomic E-state index is 0.0269. The van der Waals surface area contributed by atoms with Crippen LogP contribution in [-0.4, -0.2) is 23.1 Å². The van der Waals surface area contributed by atoms with Gasteiger partial charge < -0.3 is 9.84 Å². The van der Waals surface area contributed by atoms with Gasteiger partial charge in [0.15, 0.2) is 0 Å². The topological polar surface area (TPSA) is 63.6 Å². The summed E-state index contributed by atoms with van der Waals surface area (Å²) in [5.74, 6) is -0.324. The van der Waals surface area contributed by atoms with Crippen LogP contribution in [0.3, 0.4) is 0 Å². The molecule has 0 aliphatic rings. The lowest BCUT2D eigenvalue weighted by Gasteiger charge is -2.20. The number of carbonyl (C=O) groups excluding carboxylic acids is 1. The maximum atomic E-state index is 12.1. The number of carbonyl (C=O) groups is 2. The molecule has 0 heterocycles. The zero-order chi connectivity index (χ0) is 19.8. The molecule has 1 N–H and O–H groups in total. The van der Waals surface area contributed by atoms with Gasteiger partial charge in [0.2, 0.25) is 0 Å². The Morgan fingerprint density at radius 1 is 0.731 bits per heavy atom. The first-order valence-electron chi connectivity index (χ1n) is 10.8. The molecule has 0 aromatic rings. The van der Waals surface area contributed by atoms with E-state index in [0.29, 0.717) is 12.3 Å². The molecule has 0 saturated carbocycles. The van der Waals surface area contributed by atoms with Crippen molar-refractivity contribution in [2.45, 2.75) is 117 Å². The minimum Gasteiger partial charge on any atom is -0.481 e. The van der Waals surface area contributed by atoms with E-state index in [9.17, 15) is 9.59 Å². The van der Waals surface area contributed by atoms with Crippen LogP contribution >= 0.6 is 0 Å². The molecule has 26 heavy (non-hydrogen) atoms. The zero-order valence-electron chi connectivity index (χ0n) is 17.6. The fraction of sp³-hybridized carbons (Fsp3) is 0.909. The van der Waals surface area contributed by atoms with Crippen molar-refractivity contribution in [3.05, 3.63) is 0 Å². The molecule has 1 atom stereocenters. The van der Waals surface area contributed by atoms with Gasteiger partial charge in [-0.15, -0.1) is 0 Å². The summed E-state index contributed by atoms with van der Waals surface area (Å²) < 4.78 is 5.37. The second-order valence-electron chi connectivity index (χ2n) is 8.16. The molecule has 0 bridgehead atoms. The normalized spacial score (nSPS) is 12.5. The molecule has 4 nitrogen and oxygen atoms in total. The van der Waals surface area contributed by atoms with Gasteiger partial charge in [-0.25, -0.2) is 0 Å².